The van der Waals surface area contributed by atoms with Crippen molar-refractivity contribution in [2.75, 3.05) is 43.6 Å². The number of nitrogens with zero attached hydrogens (tertiary/aromatic N) is 6. The van der Waals surface area contributed by atoms with E-state index < -0.39 is 0 Å². The fraction of sp³-hybridized carbons (Fsp3) is 0.452. The number of carbonyl (C=O) groups excluding carboxylic acids is 1. The molecule has 4 aliphatic carbocycles. The first-order chi connectivity index (χ1) is 20.3. The molecule has 11 heteroatoms. The summed E-state index contributed by atoms with van der Waals surface area (Å²) in [5.74, 6) is 1.39. The van der Waals surface area contributed by atoms with Crippen LogP contribution in [0.4, 0.5) is 23.3 Å². The van der Waals surface area contributed by atoms with Crippen LogP contribution >= 0.6 is 0 Å². The van der Waals surface area contributed by atoms with Crippen molar-refractivity contribution in [2.45, 2.75) is 62.8 Å². The average molecular weight is 567 g/mol. The summed E-state index contributed by atoms with van der Waals surface area (Å²) in [6, 6.07) is 4.31. The summed E-state index contributed by atoms with van der Waals surface area (Å²) < 4.78 is 1.64. The van der Waals surface area contributed by atoms with Crippen molar-refractivity contribution in [1.82, 2.24) is 34.9 Å². The maximum Gasteiger partial charge on any atom is 0.248 e. The number of amides is 1. The van der Waals surface area contributed by atoms with Crippen LogP contribution in [0.1, 0.15) is 54.6 Å². The van der Waals surface area contributed by atoms with Gasteiger partial charge in [0, 0.05) is 23.7 Å². The second kappa shape index (κ2) is 10.5. The molecule has 3 aromatic heterocycles. The van der Waals surface area contributed by atoms with Gasteiger partial charge in [-0.15, -0.1) is 5.10 Å². The molecule has 42 heavy (non-hydrogen) atoms. The van der Waals surface area contributed by atoms with Crippen LogP contribution in [-0.4, -0.2) is 68.8 Å². The fourth-order valence-electron chi connectivity index (χ4n) is 6.77. The molecule has 1 amide bonds. The van der Waals surface area contributed by atoms with E-state index in [2.05, 4.69) is 56.3 Å². The molecule has 2 bridgehead atoms. The van der Waals surface area contributed by atoms with Crippen LogP contribution in [0.25, 0.3) is 5.82 Å². The van der Waals surface area contributed by atoms with Crippen molar-refractivity contribution in [3.05, 3.63) is 64.6 Å². The van der Waals surface area contributed by atoms with Crippen LogP contribution in [0.15, 0.2) is 42.1 Å². The van der Waals surface area contributed by atoms with E-state index in [4.69, 9.17) is 15.8 Å². The highest BCUT2D eigenvalue weighted by Crippen LogP contribution is 2.48. The molecule has 0 saturated carbocycles. The van der Waals surface area contributed by atoms with E-state index in [-0.39, 0.29) is 23.3 Å². The van der Waals surface area contributed by atoms with Gasteiger partial charge >= 0.3 is 0 Å². The topological polar surface area (TPSA) is 139 Å². The molecular formula is C31H38N10O. The third-order valence-corrected chi connectivity index (χ3v) is 8.90. The first kappa shape index (κ1) is 26.6. The van der Waals surface area contributed by atoms with E-state index in [0.29, 0.717) is 18.3 Å². The molecular weight excluding hydrogens is 528 g/mol. The largest absolute Gasteiger partial charge is 0.383 e. The van der Waals surface area contributed by atoms with Crippen LogP contribution in [0, 0.1) is 0 Å². The minimum Gasteiger partial charge on any atom is -0.383 e. The summed E-state index contributed by atoms with van der Waals surface area (Å²) >= 11 is 0. The monoisotopic (exact) mass is 566 g/mol. The predicted molar refractivity (Wildman–Crippen MR) is 163 cm³/mol. The van der Waals surface area contributed by atoms with Gasteiger partial charge in [0.05, 0.1) is 29.8 Å². The lowest BCUT2D eigenvalue weighted by molar-refractivity contribution is -0.122. The minimum absolute atomic E-state index is 0.0388. The smallest absolute Gasteiger partial charge is 0.248 e. The average Bonchev–Trinajstić information content (AvgIpc) is 3.36. The zero-order valence-corrected chi connectivity index (χ0v) is 24.3. The van der Waals surface area contributed by atoms with Gasteiger partial charge in [-0.2, -0.15) is 9.67 Å². The molecule has 2 unspecified atom stereocenters. The third kappa shape index (κ3) is 5.02. The van der Waals surface area contributed by atoms with E-state index in [0.717, 1.165) is 80.6 Å². The Labute approximate surface area is 245 Å². The van der Waals surface area contributed by atoms with E-state index >= 15 is 0 Å². The van der Waals surface area contributed by atoms with Crippen LogP contribution in [-0.2, 0) is 29.5 Å². The normalized spacial score (nSPS) is 22.3. The molecule has 4 heterocycles. The number of aromatic nitrogens is 5. The summed E-state index contributed by atoms with van der Waals surface area (Å²) in [4.78, 5) is 28.4. The SMILES string of the molecule is CN(C)CC(=O)NC1CCc2ncc(Nc3nc(N)n(-c4cc(C56C=CC(=CC5)CC6)c5c(n4)CCCN5)n3)cc2C1. The van der Waals surface area contributed by atoms with Gasteiger partial charge in [-0.1, -0.05) is 23.8 Å². The van der Waals surface area contributed by atoms with Gasteiger partial charge < -0.3 is 26.6 Å². The number of pyridine rings is 2. The van der Waals surface area contributed by atoms with Crippen molar-refractivity contribution in [1.29, 1.82) is 0 Å². The second-order valence-electron chi connectivity index (χ2n) is 12.3. The van der Waals surface area contributed by atoms with Crippen LogP contribution in [0.5, 0.6) is 0 Å². The number of nitrogens with one attached hydrogen (secondary N) is 3. The Hall–Kier alpha value is -4.25. The number of hydrogen-bond acceptors (Lipinski definition) is 9. The molecule has 5 N–H and O–H groups in total. The molecule has 0 radical (unpaired) electrons. The first-order valence-corrected chi connectivity index (χ1v) is 14.9. The Morgan fingerprint density at radius 2 is 2.12 bits per heavy atom. The number of hydrogen-bond donors (Lipinski definition) is 4. The Bertz CT molecular complexity index is 1610. The molecule has 2 atom stereocenters. The summed E-state index contributed by atoms with van der Waals surface area (Å²) in [5.41, 5.74) is 14.3. The van der Waals surface area contributed by atoms with E-state index in [1.807, 2.05) is 19.0 Å². The Morgan fingerprint density at radius 1 is 1.21 bits per heavy atom. The van der Waals surface area contributed by atoms with Gasteiger partial charge in [0.15, 0.2) is 5.82 Å². The second-order valence-corrected chi connectivity index (χ2v) is 12.3. The van der Waals surface area contributed by atoms with Gasteiger partial charge in [0.1, 0.15) is 0 Å². The highest BCUT2D eigenvalue weighted by Gasteiger charge is 2.38. The molecule has 0 aromatic carbocycles. The first-order valence-electron chi connectivity index (χ1n) is 14.9. The lowest BCUT2D eigenvalue weighted by atomic mass is 9.65. The molecule has 0 spiro atoms. The number of allylic oxidation sites excluding steroid dienone is 4. The molecule has 218 valence electrons. The van der Waals surface area contributed by atoms with Crippen LogP contribution < -0.4 is 21.7 Å². The lowest BCUT2D eigenvalue weighted by Crippen LogP contribution is -2.42. The number of nitrogen functional groups attached to an aromatic ring is 1. The highest BCUT2D eigenvalue weighted by atomic mass is 16.2. The van der Waals surface area contributed by atoms with Gasteiger partial charge in [-0.25, -0.2) is 4.98 Å². The standard InChI is InChI=1S/C31H38N10O/c1-40(2)18-27(42)35-21-5-6-24-20(14-21)15-22(17-34-24)36-30-38-29(32)41(39-30)26-16-23(28-25(37-26)4-3-13-33-28)31-10-7-19(8-11-31)9-12-31/h7-8,10,15-17,21,33H,3-6,9,11-14,18H2,1-2H3,(H,35,42)(H3,32,36,38,39). The summed E-state index contributed by atoms with van der Waals surface area (Å²) in [6.45, 7) is 1.34. The van der Waals surface area contributed by atoms with E-state index in [1.54, 1.807) is 10.9 Å². The molecule has 11 nitrogen and oxygen atoms in total. The quantitative estimate of drug-likeness (QED) is 0.340. The highest BCUT2D eigenvalue weighted by molar-refractivity contribution is 5.78. The number of rotatable bonds is 7. The summed E-state index contributed by atoms with van der Waals surface area (Å²) in [5, 5.41) is 14.8. The predicted octanol–water partition coefficient (Wildman–Crippen LogP) is 3.19. The van der Waals surface area contributed by atoms with Crippen LogP contribution in [0.2, 0.25) is 0 Å². The third-order valence-electron chi connectivity index (χ3n) is 8.90. The van der Waals surface area contributed by atoms with E-state index in [9.17, 15) is 4.79 Å². The number of anilines is 4. The molecule has 5 aliphatic rings. The summed E-state index contributed by atoms with van der Waals surface area (Å²) in [6.07, 6.45) is 16.4. The van der Waals surface area contributed by atoms with Gasteiger partial charge in [0.25, 0.3) is 0 Å². The fourth-order valence-corrected chi connectivity index (χ4v) is 6.77. The minimum atomic E-state index is -0.0388. The number of fused-ring (bicyclic) bond motifs is 4. The molecule has 0 fully saturated rings. The van der Waals surface area contributed by atoms with Crippen molar-refractivity contribution in [3.63, 3.8) is 0 Å². The molecule has 3 aromatic rings. The van der Waals surface area contributed by atoms with Crippen molar-refractivity contribution >= 4 is 29.2 Å². The maximum atomic E-state index is 12.3. The molecule has 1 aliphatic heterocycles. The van der Waals surface area contributed by atoms with Gasteiger partial charge in [-0.05, 0) is 88.7 Å². The Balaban J connectivity index is 1.14. The van der Waals surface area contributed by atoms with Crippen molar-refractivity contribution in [3.8, 4) is 5.82 Å². The zero-order chi connectivity index (χ0) is 28.8. The molecule has 8 rings (SSSR count). The zero-order valence-electron chi connectivity index (χ0n) is 24.3. The van der Waals surface area contributed by atoms with E-state index in [1.165, 1.54) is 16.8 Å². The lowest BCUT2D eigenvalue weighted by Gasteiger charge is -2.40. The summed E-state index contributed by atoms with van der Waals surface area (Å²) in [7, 11) is 3.79. The maximum absolute atomic E-state index is 12.3. The number of nitrogens with two attached hydrogens (primary N) is 1. The van der Waals surface area contributed by atoms with Crippen LogP contribution in [0.3, 0.4) is 0 Å². The van der Waals surface area contributed by atoms with Crippen molar-refractivity contribution < 1.29 is 4.79 Å². The number of aryl methyl sites for hydroxylation is 2. The number of carbonyl (C=O) groups is 1. The molecule has 0 saturated heterocycles. The Kier molecular flexibility index (Phi) is 6.69. The number of likely N-dealkylation sites (N-methyl/N-ethyl adjacent to an activating group) is 1. The van der Waals surface area contributed by atoms with Crippen molar-refractivity contribution in [2.24, 2.45) is 0 Å². The van der Waals surface area contributed by atoms with Gasteiger partial charge in [-0.3, -0.25) is 9.78 Å². The van der Waals surface area contributed by atoms with Gasteiger partial charge in [0.2, 0.25) is 17.8 Å². The Morgan fingerprint density at radius 3 is 2.90 bits per heavy atom.